The van der Waals surface area contributed by atoms with Crippen LogP contribution in [0.3, 0.4) is 0 Å². The molecule has 51 heavy (non-hydrogen) atoms. The fourth-order valence-corrected chi connectivity index (χ4v) is 4.83. The van der Waals surface area contributed by atoms with E-state index >= 15 is 13.2 Å². The van der Waals surface area contributed by atoms with Crippen molar-refractivity contribution in [3.05, 3.63) is 68.6 Å². The molecule has 0 spiro atoms. The molecule has 0 atom stereocenters. The third-order valence-electron chi connectivity index (χ3n) is 6.66. The molecule has 0 saturated carbocycles. The molecular weight excluding hydrogens is 828 g/mol. The van der Waals surface area contributed by atoms with Crippen molar-refractivity contribution in [2.45, 2.75) is 24.8 Å². The molecule has 2 aliphatic rings. The molecule has 4 nitrogen and oxygen atoms in total. The molecule has 0 unspecified atom stereocenters. The van der Waals surface area contributed by atoms with Crippen LogP contribution in [0.4, 0.5) is 96.7 Å². The Balaban J connectivity index is 0.00000583. The van der Waals surface area contributed by atoms with Gasteiger partial charge in [-0.15, -0.1) is 13.2 Å². The zero-order valence-corrected chi connectivity index (χ0v) is 25.8. The van der Waals surface area contributed by atoms with Crippen molar-refractivity contribution in [3.63, 3.8) is 0 Å². The number of hydrogen-bond donors (Lipinski definition) is 0. The topological polar surface area (TPSA) is 35.6 Å². The molecule has 0 radical (unpaired) electrons. The second kappa shape index (κ2) is 11.9. The number of fused-ring (bicyclic) bond motifs is 8. The molecule has 0 N–H and O–H groups in total. The van der Waals surface area contributed by atoms with Crippen molar-refractivity contribution in [2.24, 2.45) is 0 Å². The molecule has 0 aromatic carbocycles. The van der Waals surface area contributed by atoms with Crippen LogP contribution in [-0.2, 0) is 44.3 Å². The smallest absolute Gasteiger partial charge is 0.248 e. The second-order valence-corrected chi connectivity index (χ2v) is 9.54. The summed E-state index contributed by atoms with van der Waals surface area (Å²) in [5.41, 5.74) is -37.9. The van der Waals surface area contributed by atoms with Crippen LogP contribution in [-0.4, -0.2) is 19.3 Å². The van der Waals surface area contributed by atoms with Gasteiger partial charge in [-0.05, 0) is 0 Å². The van der Waals surface area contributed by atoms with Gasteiger partial charge in [-0.3, -0.25) is 0 Å². The van der Waals surface area contributed by atoms with E-state index in [-0.39, 0.29) is 19.5 Å². The Morgan fingerprint density at radius 3 is 1.00 bits per heavy atom. The zero-order valence-electron chi connectivity index (χ0n) is 22.8. The SMILES string of the molecule is FC1=C(F)c2nc1c(F)c1c(F)c(F)c(c(F)c3nc(c(C(F)(F)F)c4c(C(F)(F)F)c(C(F)(F)F)c(c2F)n4C(F)(F)F)C(F)=C3F)n1F.[Zn]. The number of rotatable bonds is 0. The first-order valence-corrected chi connectivity index (χ1v) is 11.9. The van der Waals surface area contributed by atoms with Gasteiger partial charge in [0.15, 0.2) is 63.4 Å². The van der Waals surface area contributed by atoms with Gasteiger partial charge >= 0.3 is 24.8 Å². The van der Waals surface area contributed by atoms with E-state index in [2.05, 4.69) is 9.97 Å². The van der Waals surface area contributed by atoms with E-state index in [1.807, 2.05) is 0 Å². The molecule has 27 heteroatoms. The summed E-state index contributed by atoms with van der Waals surface area (Å²) in [5.74, 6) is -29.6. The van der Waals surface area contributed by atoms with Crippen molar-refractivity contribution in [1.29, 1.82) is 0 Å². The molecule has 2 aliphatic heterocycles. The maximum Gasteiger partial charge on any atom is 0.489 e. The van der Waals surface area contributed by atoms with E-state index in [9.17, 15) is 83.5 Å². The molecule has 0 saturated heterocycles. The Morgan fingerprint density at radius 2 is 0.667 bits per heavy atom. The van der Waals surface area contributed by atoms with E-state index in [0.29, 0.717) is 0 Å². The van der Waals surface area contributed by atoms with Gasteiger partial charge < -0.3 is 0 Å². The fourth-order valence-electron chi connectivity index (χ4n) is 4.83. The Morgan fingerprint density at radius 1 is 0.373 bits per heavy atom. The minimum atomic E-state index is -7.20. The van der Waals surface area contributed by atoms with E-state index in [1.165, 1.54) is 0 Å². The summed E-state index contributed by atoms with van der Waals surface area (Å²) in [4.78, 5) is 2.39. The number of halogens is 22. The summed E-state index contributed by atoms with van der Waals surface area (Å²) < 4.78 is 318. The maximum absolute atomic E-state index is 15.7. The summed E-state index contributed by atoms with van der Waals surface area (Å²) in [7, 11) is 0. The van der Waals surface area contributed by atoms with Crippen molar-refractivity contribution < 1.29 is 116 Å². The van der Waals surface area contributed by atoms with Gasteiger partial charge in [-0.1, -0.05) is 4.48 Å². The molecule has 3 aromatic heterocycles. The van der Waals surface area contributed by atoms with Crippen LogP contribution in [0.5, 0.6) is 0 Å². The van der Waals surface area contributed by atoms with Crippen molar-refractivity contribution in [3.8, 4) is 0 Å². The number of hydrogen-bond acceptors (Lipinski definition) is 2. The number of aromatic nitrogens is 4. The Labute approximate surface area is 274 Å². The molecule has 8 bridgehead atoms. The monoisotopic (exact) mass is 826 g/mol. The Kier molecular flexibility index (Phi) is 9.18. The third kappa shape index (κ3) is 5.70. The van der Waals surface area contributed by atoms with Gasteiger partial charge in [0.2, 0.25) is 0 Å². The van der Waals surface area contributed by atoms with Crippen LogP contribution >= 0.6 is 0 Å². The minimum Gasteiger partial charge on any atom is -0.248 e. The normalized spacial score (nSPS) is 14.5. The molecular formula is C24F22N4Zn. The second-order valence-electron chi connectivity index (χ2n) is 9.54. The summed E-state index contributed by atoms with van der Waals surface area (Å²) in [5, 5.41) is 0. The predicted molar refractivity (Wildman–Crippen MR) is 119 cm³/mol. The van der Waals surface area contributed by atoms with Crippen LogP contribution in [0.2, 0.25) is 0 Å². The van der Waals surface area contributed by atoms with E-state index < -0.39 is 148 Å². The summed E-state index contributed by atoms with van der Waals surface area (Å²) in [6.07, 6.45) is -28.6. The molecule has 0 fully saturated rings. The van der Waals surface area contributed by atoms with Crippen LogP contribution < -0.4 is 0 Å². The van der Waals surface area contributed by atoms with Gasteiger partial charge in [0, 0.05) is 19.5 Å². The first kappa shape index (κ1) is 39.5. The largest absolute Gasteiger partial charge is 0.489 e. The quantitative estimate of drug-likeness (QED) is 0.167. The average Bonchev–Trinajstić information content (AvgIpc) is 3.62. The molecule has 0 amide bonds. The van der Waals surface area contributed by atoms with Gasteiger partial charge in [0.25, 0.3) is 0 Å². The third-order valence-corrected chi connectivity index (χ3v) is 6.66. The Hall–Kier alpha value is -4.32. The van der Waals surface area contributed by atoms with Crippen molar-refractivity contribution >= 4 is 45.4 Å². The summed E-state index contributed by atoms with van der Waals surface area (Å²) in [6, 6.07) is 0. The first-order valence-electron chi connectivity index (χ1n) is 11.9. The molecule has 5 heterocycles. The standard InChI is InChI=1S/C24F22N4.Zn/c25-4-5(26)15-11(32)19-8(29)9(30)20(50(19)46)12(33)16-7(28)6(27)14(48-16)10(31)18-2(22(37,38)39)1(21(34,35)36)17(49(18)24(43,44)45)3(13(4)47-15)23(40,41)42;. The number of nitrogens with zero attached hydrogens (tertiary/aromatic N) is 4. The molecule has 5 rings (SSSR count). The predicted octanol–water partition coefficient (Wildman–Crippen LogP) is 10.7. The average molecular weight is 828 g/mol. The van der Waals surface area contributed by atoms with Gasteiger partial charge in [-0.25, -0.2) is 54.0 Å². The molecule has 3 aromatic rings. The van der Waals surface area contributed by atoms with Gasteiger partial charge in [0.05, 0.1) is 16.6 Å². The maximum atomic E-state index is 15.7. The molecule has 272 valence electrons. The molecule has 0 aliphatic carbocycles. The fraction of sp³-hybridized carbons (Fsp3) is 0.167. The van der Waals surface area contributed by atoms with E-state index in [4.69, 9.17) is 0 Å². The van der Waals surface area contributed by atoms with Crippen LogP contribution in [0.15, 0.2) is 0 Å². The van der Waals surface area contributed by atoms with Crippen LogP contribution in [0, 0.1) is 29.1 Å². The number of alkyl halides is 12. The summed E-state index contributed by atoms with van der Waals surface area (Å²) >= 11 is 0. The van der Waals surface area contributed by atoms with Gasteiger partial charge in [-0.2, -0.15) is 44.3 Å². The summed E-state index contributed by atoms with van der Waals surface area (Å²) in [6.45, 7) is 0. The van der Waals surface area contributed by atoms with Crippen molar-refractivity contribution in [2.75, 3.05) is 0 Å². The first-order chi connectivity index (χ1) is 22.6. The van der Waals surface area contributed by atoms with Gasteiger partial charge in [0.1, 0.15) is 33.9 Å². The zero-order chi connectivity index (χ0) is 38.1. The Bertz CT molecular complexity index is 2260. The van der Waals surface area contributed by atoms with Crippen molar-refractivity contribution in [1.82, 2.24) is 19.3 Å². The van der Waals surface area contributed by atoms with E-state index in [0.717, 1.165) is 0 Å². The van der Waals surface area contributed by atoms with Crippen LogP contribution in [0.25, 0.3) is 45.4 Å². The van der Waals surface area contributed by atoms with E-state index in [1.54, 1.807) is 0 Å². The van der Waals surface area contributed by atoms with Crippen LogP contribution in [0.1, 0.15) is 39.5 Å². The minimum absolute atomic E-state index is 0.